The molecule has 2 amide bonds. The summed E-state index contributed by atoms with van der Waals surface area (Å²) in [7, 11) is -2.61. The first-order valence-corrected chi connectivity index (χ1v) is 12.8. The Morgan fingerprint density at radius 2 is 1.57 bits per heavy atom. The zero-order chi connectivity index (χ0) is 25.2. The maximum atomic E-state index is 13.7. The molecule has 8 heteroatoms. The van der Waals surface area contributed by atoms with Gasteiger partial charge in [-0.1, -0.05) is 56.3 Å². The van der Waals surface area contributed by atoms with E-state index in [9.17, 15) is 18.0 Å². The molecule has 0 aromatic heterocycles. The van der Waals surface area contributed by atoms with Crippen molar-refractivity contribution in [2.24, 2.45) is 0 Å². The highest BCUT2D eigenvalue weighted by atomic mass is 32.2. The van der Waals surface area contributed by atoms with Gasteiger partial charge in [0, 0.05) is 6.54 Å². The number of hydrogen-bond acceptors (Lipinski definition) is 5. The third kappa shape index (κ3) is 4.99. The van der Waals surface area contributed by atoms with Crippen molar-refractivity contribution in [2.45, 2.75) is 43.7 Å². The lowest BCUT2D eigenvalue weighted by atomic mass is 10.0. The lowest BCUT2D eigenvalue weighted by molar-refractivity contribution is -0.122. The molecule has 0 spiro atoms. The number of benzene rings is 3. The van der Waals surface area contributed by atoms with Gasteiger partial charge in [-0.25, -0.2) is 13.3 Å². The molecule has 0 N–H and O–H groups in total. The highest BCUT2D eigenvalue weighted by Crippen LogP contribution is 2.31. The number of amides is 2. The fourth-order valence-corrected chi connectivity index (χ4v) is 5.70. The monoisotopic (exact) mass is 492 g/mol. The smallest absolute Gasteiger partial charge is 0.252 e. The van der Waals surface area contributed by atoms with Crippen LogP contribution in [0, 0.1) is 0 Å². The van der Waals surface area contributed by atoms with E-state index in [1.165, 1.54) is 19.2 Å². The number of carbonyl (C=O) groups excluding carboxylic acids is 2. The average molecular weight is 493 g/mol. The van der Waals surface area contributed by atoms with Crippen molar-refractivity contribution in [3.8, 4) is 5.75 Å². The molecule has 1 fully saturated rings. The van der Waals surface area contributed by atoms with Gasteiger partial charge in [-0.3, -0.25) is 9.59 Å². The summed E-state index contributed by atoms with van der Waals surface area (Å²) >= 11 is 0. The number of nitrogens with zero attached hydrogens (tertiary/aromatic N) is 2. The fraction of sp³-hybridized carbons (Fsp3) is 0.259. The molecule has 1 aliphatic heterocycles. The predicted molar refractivity (Wildman–Crippen MR) is 134 cm³/mol. The summed E-state index contributed by atoms with van der Waals surface area (Å²) in [5.74, 6) is -0.167. The van der Waals surface area contributed by atoms with Crippen molar-refractivity contribution in [1.29, 1.82) is 0 Å². The summed E-state index contributed by atoms with van der Waals surface area (Å²) in [6, 6.07) is 21.1. The van der Waals surface area contributed by atoms with E-state index in [4.69, 9.17) is 4.74 Å². The van der Waals surface area contributed by atoms with Crippen LogP contribution in [0.5, 0.6) is 5.75 Å². The van der Waals surface area contributed by atoms with Crippen LogP contribution in [0.4, 0.5) is 5.69 Å². The van der Waals surface area contributed by atoms with Crippen LogP contribution in [0.15, 0.2) is 83.8 Å². The van der Waals surface area contributed by atoms with E-state index in [1.54, 1.807) is 48.5 Å². The lowest BCUT2D eigenvalue weighted by Crippen LogP contribution is -2.45. The Kier molecular flexibility index (Phi) is 7.05. The number of hydrogen-bond donors (Lipinski definition) is 0. The van der Waals surface area contributed by atoms with Crippen LogP contribution in [-0.2, 0) is 26.2 Å². The van der Waals surface area contributed by atoms with E-state index in [0.717, 1.165) is 14.8 Å². The van der Waals surface area contributed by atoms with E-state index >= 15 is 0 Å². The molecule has 3 aromatic rings. The molecular formula is C27H28N2O5S. The van der Waals surface area contributed by atoms with Crippen LogP contribution in [0.25, 0.3) is 0 Å². The summed E-state index contributed by atoms with van der Waals surface area (Å²) in [6.07, 6.45) is -0.229. The van der Waals surface area contributed by atoms with Crippen LogP contribution in [-0.4, -0.2) is 37.7 Å². The van der Waals surface area contributed by atoms with Crippen molar-refractivity contribution in [3.63, 3.8) is 0 Å². The van der Waals surface area contributed by atoms with Gasteiger partial charge in [-0.2, -0.15) is 4.31 Å². The first-order valence-electron chi connectivity index (χ1n) is 11.4. The predicted octanol–water partition coefficient (Wildman–Crippen LogP) is 4.34. The van der Waals surface area contributed by atoms with E-state index < -0.39 is 27.9 Å². The third-order valence-electron chi connectivity index (χ3n) is 6.14. The molecule has 1 saturated heterocycles. The van der Waals surface area contributed by atoms with Crippen LogP contribution < -0.4 is 9.64 Å². The Bertz CT molecular complexity index is 1300. The van der Waals surface area contributed by atoms with Crippen LogP contribution in [0.2, 0.25) is 0 Å². The Morgan fingerprint density at radius 3 is 2.14 bits per heavy atom. The molecule has 0 bridgehead atoms. The highest BCUT2D eigenvalue weighted by Gasteiger charge is 2.47. The minimum Gasteiger partial charge on any atom is -0.497 e. The van der Waals surface area contributed by atoms with E-state index in [-0.39, 0.29) is 17.9 Å². The second-order valence-corrected chi connectivity index (χ2v) is 10.6. The zero-order valence-corrected chi connectivity index (χ0v) is 20.7. The molecular weight excluding hydrogens is 464 g/mol. The molecule has 7 nitrogen and oxygen atoms in total. The molecule has 1 aliphatic rings. The van der Waals surface area contributed by atoms with Crippen molar-refractivity contribution >= 4 is 27.5 Å². The zero-order valence-electron chi connectivity index (χ0n) is 19.9. The van der Waals surface area contributed by atoms with Crippen LogP contribution in [0.1, 0.15) is 37.3 Å². The number of sulfonamides is 1. The molecule has 0 aliphatic carbocycles. The minimum absolute atomic E-state index is 0.0224. The van der Waals surface area contributed by atoms with Gasteiger partial charge in [-0.15, -0.1) is 0 Å². The lowest BCUT2D eigenvalue weighted by Gasteiger charge is -2.27. The van der Waals surface area contributed by atoms with Crippen molar-refractivity contribution in [2.75, 3.05) is 12.0 Å². The maximum absolute atomic E-state index is 13.7. The number of ether oxygens (including phenoxy) is 1. The van der Waals surface area contributed by atoms with Crippen LogP contribution >= 0.6 is 0 Å². The number of carbonyl (C=O) groups is 2. The number of imide groups is 1. The van der Waals surface area contributed by atoms with Gasteiger partial charge < -0.3 is 4.74 Å². The Morgan fingerprint density at radius 1 is 0.943 bits per heavy atom. The van der Waals surface area contributed by atoms with Gasteiger partial charge >= 0.3 is 0 Å². The normalized spacial score (nSPS) is 16.4. The van der Waals surface area contributed by atoms with E-state index in [2.05, 4.69) is 13.8 Å². The quantitative estimate of drug-likeness (QED) is 0.437. The Labute approximate surface area is 206 Å². The van der Waals surface area contributed by atoms with Gasteiger partial charge in [0.15, 0.2) is 0 Å². The summed E-state index contributed by atoms with van der Waals surface area (Å²) in [4.78, 5) is 27.6. The van der Waals surface area contributed by atoms with Gasteiger partial charge in [0.25, 0.3) is 5.91 Å². The van der Waals surface area contributed by atoms with Crippen molar-refractivity contribution in [3.05, 3.63) is 90.0 Å². The molecule has 1 unspecified atom stereocenters. The van der Waals surface area contributed by atoms with Gasteiger partial charge in [-0.05, 0) is 53.4 Å². The van der Waals surface area contributed by atoms with Crippen molar-refractivity contribution < 1.29 is 22.7 Å². The second-order valence-electron chi connectivity index (χ2n) is 8.74. The molecule has 35 heavy (non-hydrogen) atoms. The first-order chi connectivity index (χ1) is 16.7. The minimum atomic E-state index is -4.11. The molecule has 182 valence electrons. The molecule has 1 heterocycles. The number of methoxy groups -OCH3 is 1. The Hall–Kier alpha value is -3.49. The van der Waals surface area contributed by atoms with Gasteiger partial charge in [0.05, 0.1) is 24.1 Å². The van der Waals surface area contributed by atoms with Gasteiger partial charge in [0.2, 0.25) is 15.9 Å². The summed E-state index contributed by atoms with van der Waals surface area (Å²) in [5.41, 5.74) is 2.23. The maximum Gasteiger partial charge on any atom is 0.252 e. The summed E-state index contributed by atoms with van der Waals surface area (Å²) in [5, 5.41) is 0. The molecule has 3 aromatic carbocycles. The topological polar surface area (TPSA) is 84.0 Å². The van der Waals surface area contributed by atoms with E-state index in [1.807, 2.05) is 18.2 Å². The summed E-state index contributed by atoms with van der Waals surface area (Å²) in [6.45, 7) is 4.07. The fourth-order valence-electron chi connectivity index (χ4n) is 4.13. The third-order valence-corrected chi connectivity index (χ3v) is 8.00. The molecule has 4 rings (SSSR count). The molecule has 1 atom stereocenters. The summed E-state index contributed by atoms with van der Waals surface area (Å²) < 4.78 is 33.8. The van der Waals surface area contributed by atoms with Gasteiger partial charge in [0.1, 0.15) is 11.8 Å². The number of anilines is 1. The molecule has 0 radical (unpaired) electrons. The SMILES string of the molecule is COc1ccc(S(=O)(=O)N(Cc2ccccc2)C2CC(=O)N(c3ccc(C(C)C)cc3)C2=O)cc1. The first kappa shape index (κ1) is 24.6. The van der Waals surface area contributed by atoms with Crippen LogP contribution in [0.3, 0.4) is 0 Å². The largest absolute Gasteiger partial charge is 0.497 e. The standard InChI is InChI=1S/C27H28N2O5S/c1-19(2)21-9-11-22(12-10-21)29-26(30)17-25(27(29)31)28(18-20-7-5-4-6-8-20)35(32,33)24-15-13-23(34-3)14-16-24/h4-16,19,25H,17-18H2,1-3H3. The number of rotatable bonds is 8. The highest BCUT2D eigenvalue weighted by molar-refractivity contribution is 7.89. The van der Waals surface area contributed by atoms with Crippen molar-refractivity contribution in [1.82, 2.24) is 4.31 Å². The Balaban J connectivity index is 1.71. The van der Waals surface area contributed by atoms with E-state index in [0.29, 0.717) is 22.9 Å². The molecule has 0 saturated carbocycles. The second kappa shape index (κ2) is 10.0. The average Bonchev–Trinajstić information content (AvgIpc) is 3.16.